The first-order valence-electron chi connectivity index (χ1n) is 11.3. The van der Waals surface area contributed by atoms with Gasteiger partial charge in [-0.15, -0.1) is 11.3 Å². The number of thiophene rings is 1. The van der Waals surface area contributed by atoms with Crippen LogP contribution in [0.25, 0.3) is 0 Å². The lowest BCUT2D eigenvalue weighted by atomic mass is 9.95. The van der Waals surface area contributed by atoms with Crippen molar-refractivity contribution in [3.05, 3.63) is 76.6 Å². The molecule has 2 heterocycles. The predicted molar refractivity (Wildman–Crippen MR) is 127 cm³/mol. The lowest BCUT2D eigenvalue weighted by Crippen LogP contribution is -2.49. The van der Waals surface area contributed by atoms with Crippen molar-refractivity contribution >= 4 is 34.7 Å². The standard InChI is InChI=1S/C25H26FN3O4S/c26-17-7-4-10-19(15-17)29(22(30)16-27-24(31)21-12-6-14-34-21)23(20-11-5-13-33-20)25(32)28-18-8-2-1-3-9-18/h4-7,10-15,18,23H,1-3,8-9,16H2,(H,27,31)(H,28,32). The zero-order valence-corrected chi connectivity index (χ0v) is 19.4. The summed E-state index contributed by atoms with van der Waals surface area (Å²) < 4.78 is 19.7. The number of hydrogen-bond acceptors (Lipinski definition) is 5. The largest absolute Gasteiger partial charge is 0.467 e. The lowest BCUT2D eigenvalue weighted by molar-refractivity contribution is -0.127. The van der Waals surface area contributed by atoms with Crippen LogP contribution in [-0.4, -0.2) is 30.3 Å². The number of carbonyl (C=O) groups excluding carboxylic acids is 3. The highest BCUT2D eigenvalue weighted by Crippen LogP contribution is 2.30. The molecule has 2 N–H and O–H groups in total. The summed E-state index contributed by atoms with van der Waals surface area (Å²) in [6, 6.07) is 10.9. The number of carbonyl (C=O) groups is 3. The summed E-state index contributed by atoms with van der Waals surface area (Å²) in [5.41, 5.74) is 0.190. The first-order chi connectivity index (χ1) is 16.5. The van der Waals surface area contributed by atoms with Gasteiger partial charge in [-0.1, -0.05) is 31.4 Å². The highest BCUT2D eigenvalue weighted by molar-refractivity contribution is 7.12. The van der Waals surface area contributed by atoms with E-state index in [0.29, 0.717) is 4.88 Å². The van der Waals surface area contributed by atoms with Crippen molar-refractivity contribution < 1.29 is 23.2 Å². The molecule has 0 aliphatic heterocycles. The summed E-state index contributed by atoms with van der Waals surface area (Å²) >= 11 is 1.25. The van der Waals surface area contributed by atoms with Crippen LogP contribution in [0.15, 0.2) is 64.6 Å². The van der Waals surface area contributed by atoms with Crippen molar-refractivity contribution in [2.24, 2.45) is 0 Å². The summed E-state index contributed by atoms with van der Waals surface area (Å²) in [4.78, 5) is 41.0. The van der Waals surface area contributed by atoms with E-state index in [1.807, 2.05) is 0 Å². The molecule has 2 aromatic heterocycles. The molecule has 1 atom stereocenters. The Bertz CT molecular complexity index is 1110. The van der Waals surface area contributed by atoms with Gasteiger partial charge in [0.2, 0.25) is 5.91 Å². The number of rotatable bonds is 8. The van der Waals surface area contributed by atoms with Crippen molar-refractivity contribution in [1.82, 2.24) is 10.6 Å². The van der Waals surface area contributed by atoms with E-state index in [1.165, 1.54) is 40.7 Å². The maximum absolute atomic E-state index is 14.1. The fourth-order valence-electron chi connectivity index (χ4n) is 4.15. The fourth-order valence-corrected chi connectivity index (χ4v) is 4.79. The van der Waals surface area contributed by atoms with Gasteiger partial charge in [0.05, 0.1) is 17.7 Å². The normalized spacial score (nSPS) is 14.9. The number of nitrogens with one attached hydrogen (secondary N) is 2. The van der Waals surface area contributed by atoms with E-state index in [-0.39, 0.29) is 24.0 Å². The van der Waals surface area contributed by atoms with Gasteiger partial charge >= 0.3 is 0 Å². The molecule has 1 saturated carbocycles. The maximum atomic E-state index is 14.1. The number of amides is 3. The van der Waals surface area contributed by atoms with E-state index in [1.54, 1.807) is 35.7 Å². The van der Waals surface area contributed by atoms with Gasteiger partial charge in [-0.3, -0.25) is 19.3 Å². The van der Waals surface area contributed by atoms with Crippen molar-refractivity contribution in [2.75, 3.05) is 11.4 Å². The molecule has 4 rings (SSSR count). The Labute approximate surface area is 200 Å². The topological polar surface area (TPSA) is 91.7 Å². The number of furan rings is 1. The van der Waals surface area contributed by atoms with Crippen LogP contribution >= 0.6 is 11.3 Å². The first kappa shape index (κ1) is 23.7. The molecular weight excluding hydrogens is 457 g/mol. The van der Waals surface area contributed by atoms with Gasteiger partial charge in [-0.2, -0.15) is 0 Å². The van der Waals surface area contributed by atoms with Gasteiger partial charge in [0.1, 0.15) is 11.6 Å². The first-order valence-corrected chi connectivity index (χ1v) is 12.1. The molecule has 34 heavy (non-hydrogen) atoms. The molecule has 0 spiro atoms. The minimum absolute atomic E-state index is 0.00158. The summed E-state index contributed by atoms with van der Waals surface area (Å²) in [5, 5.41) is 7.40. The molecule has 0 saturated heterocycles. The number of nitrogens with zero attached hydrogens (tertiary/aromatic N) is 1. The van der Waals surface area contributed by atoms with Crippen molar-refractivity contribution in [2.45, 2.75) is 44.2 Å². The van der Waals surface area contributed by atoms with Gasteiger partial charge in [0, 0.05) is 11.7 Å². The number of anilines is 1. The molecule has 1 fully saturated rings. The van der Waals surface area contributed by atoms with Crippen molar-refractivity contribution in [1.29, 1.82) is 0 Å². The smallest absolute Gasteiger partial charge is 0.261 e. The van der Waals surface area contributed by atoms with E-state index < -0.39 is 29.6 Å². The highest BCUT2D eigenvalue weighted by atomic mass is 32.1. The Morgan fingerprint density at radius 2 is 1.91 bits per heavy atom. The summed E-state index contributed by atoms with van der Waals surface area (Å²) in [6.07, 6.45) is 6.33. The van der Waals surface area contributed by atoms with E-state index in [9.17, 15) is 18.8 Å². The molecule has 0 bridgehead atoms. The molecule has 3 amide bonds. The molecule has 3 aromatic rings. The number of benzene rings is 1. The van der Waals surface area contributed by atoms with Crippen LogP contribution in [0, 0.1) is 5.82 Å². The quantitative estimate of drug-likeness (QED) is 0.496. The van der Waals surface area contributed by atoms with E-state index in [2.05, 4.69) is 10.6 Å². The van der Waals surface area contributed by atoms with Crippen LogP contribution in [0.3, 0.4) is 0 Å². The van der Waals surface area contributed by atoms with Gasteiger partial charge in [0.15, 0.2) is 6.04 Å². The van der Waals surface area contributed by atoms with Gasteiger partial charge < -0.3 is 15.1 Å². The Morgan fingerprint density at radius 1 is 1.09 bits per heavy atom. The molecule has 1 aliphatic rings. The average Bonchev–Trinajstić information content (AvgIpc) is 3.56. The molecule has 1 aliphatic carbocycles. The van der Waals surface area contributed by atoms with E-state index in [4.69, 9.17) is 4.42 Å². The Kier molecular flexibility index (Phi) is 7.74. The third kappa shape index (κ3) is 5.72. The van der Waals surface area contributed by atoms with Gasteiger partial charge in [-0.25, -0.2) is 4.39 Å². The Morgan fingerprint density at radius 3 is 2.59 bits per heavy atom. The van der Waals surface area contributed by atoms with Gasteiger partial charge in [0.25, 0.3) is 11.8 Å². The van der Waals surface area contributed by atoms with Crippen molar-refractivity contribution in [3.8, 4) is 0 Å². The second-order valence-corrected chi connectivity index (χ2v) is 9.11. The second-order valence-electron chi connectivity index (χ2n) is 8.17. The summed E-state index contributed by atoms with van der Waals surface area (Å²) in [5.74, 6) is -1.69. The molecule has 1 aromatic carbocycles. The van der Waals surface area contributed by atoms with Gasteiger partial charge in [-0.05, 0) is 54.6 Å². The summed E-state index contributed by atoms with van der Waals surface area (Å²) in [6.45, 7) is -0.374. The zero-order valence-electron chi connectivity index (χ0n) is 18.5. The van der Waals surface area contributed by atoms with E-state index >= 15 is 0 Å². The molecule has 9 heteroatoms. The SMILES string of the molecule is O=C(NCC(=O)N(c1cccc(F)c1)C(C(=O)NC1CCCCC1)c1ccco1)c1cccs1. The fraction of sp³-hybridized carbons (Fsp3) is 0.320. The Balaban J connectivity index is 1.63. The minimum atomic E-state index is -1.16. The van der Waals surface area contributed by atoms with Crippen LogP contribution < -0.4 is 15.5 Å². The zero-order chi connectivity index (χ0) is 23.9. The Hall–Kier alpha value is -3.46. The number of halogens is 1. The molecular formula is C25H26FN3O4S. The van der Waals surface area contributed by atoms with Crippen LogP contribution in [0.1, 0.15) is 53.6 Å². The van der Waals surface area contributed by atoms with Crippen LogP contribution in [-0.2, 0) is 9.59 Å². The van der Waals surface area contributed by atoms with Crippen LogP contribution in [0.5, 0.6) is 0 Å². The van der Waals surface area contributed by atoms with Crippen LogP contribution in [0.4, 0.5) is 10.1 Å². The third-order valence-corrected chi connectivity index (χ3v) is 6.64. The second kappa shape index (κ2) is 11.1. The highest BCUT2D eigenvalue weighted by Gasteiger charge is 2.36. The molecule has 7 nitrogen and oxygen atoms in total. The molecule has 1 unspecified atom stereocenters. The molecule has 0 radical (unpaired) electrons. The summed E-state index contributed by atoms with van der Waals surface area (Å²) in [7, 11) is 0. The lowest BCUT2D eigenvalue weighted by Gasteiger charge is -2.32. The van der Waals surface area contributed by atoms with Crippen LogP contribution in [0.2, 0.25) is 0 Å². The predicted octanol–water partition coefficient (Wildman–Crippen LogP) is 4.43. The average molecular weight is 484 g/mol. The maximum Gasteiger partial charge on any atom is 0.261 e. The monoisotopic (exact) mass is 483 g/mol. The van der Waals surface area contributed by atoms with E-state index in [0.717, 1.165) is 32.1 Å². The minimum Gasteiger partial charge on any atom is -0.467 e. The molecule has 178 valence electrons. The third-order valence-electron chi connectivity index (χ3n) is 5.77. The van der Waals surface area contributed by atoms with Crippen molar-refractivity contribution in [3.63, 3.8) is 0 Å². The number of hydrogen-bond donors (Lipinski definition) is 2.